The smallest absolute Gasteiger partial charge is 0.330 e. The van der Waals surface area contributed by atoms with E-state index in [4.69, 9.17) is 54.4 Å². The first-order valence-electron chi connectivity index (χ1n) is 28.1. The van der Waals surface area contributed by atoms with Crippen molar-refractivity contribution in [1.82, 2.24) is 4.98 Å². The van der Waals surface area contributed by atoms with Gasteiger partial charge in [-0.15, -0.1) is 12.3 Å². The van der Waals surface area contributed by atoms with Gasteiger partial charge in [-0.2, -0.15) is 5.10 Å². The van der Waals surface area contributed by atoms with Gasteiger partial charge in [0.1, 0.15) is 34.5 Å². The lowest BCUT2D eigenvalue weighted by molar-refractivity contribution is -0.145. The first kappa shape index (κ1) is 61.3. The van der Waals surface area contributed by atoms with Gasteiger partial charge < -0.3 is 37.9 Å². The number of carbonyl (C=O) groups excluding carboxylic acids is 6. The van der Waals surface area contributed by atoms with Gasteiger partial charge in [-0.3, -0.25) is 19.2 Å². The van der Waals surface area contributed by atoms with Crippen molar-refractivity contribution in [2.24, 2.45) is 28.8 Å². The Morgan fingerprint density at radius 2 is 0.988 bits per heavy atom. The normalized spacial score (nSPS) is 16.7. The minimum atomic E-state index is -0.484. The maximum absolute atomic E-state index is 13.9. The molecule has 0 aliphatic heterocycles. The topological polar surface area (TPSA) is 205 Å². The molecule has 4 aromatic carbocycles. The predicted octanol–water partition coefficient (Wildman–Crippen LogP) is 12.1. The van der Waals surface area contributed by atoms with Crippen molar-refractivity contribution < 1.29 is 66.7 Å². The zero-order valence-electron chi connectivity index (χ0n) is 46.2. The van der Waals surface area contributed by atoms with Crippen LogP contribution in [0.4, 0.5) is 5.13 Å². The number of ether oxygens (including phenoxy) is 8. The Bertz CT molecular complexity index is 2970. The number of unbranched alkanes of at least 4 members (excludes halogenated alkanes) is 6. The molecule has 7 rings (SSSR count). The summed E-state index contributed by atoms with van der Waals surface area (Å²) in [5.41, 5.74) is 1.17. The number of rotatable bonds is 31. The van der Waals surface area contributed by atoms with E-state index in [-0.39, 0.29) is 29.4 Å². The van der Waals surface area contributed by atoms with Crippen LogP contribution >= 0.6 is 11.3 Å². The van der Waals surface area contributed by atoms with Gasteiger partial charge in [-0.1, -0.05) is 36.6 Å². The lowest BCUT2D eigenvalue weighted by Gasteiger charge is -2.26. The third kappa shape index (κ3) is 19.8. The second-order valence-corrected chi connectivity index (χ2v) is 21.0. The van der Waals surface area contributed by atoms with Crippen LogP contribution in [0.25, 0.3) is 10.2 Å². The van der Waals surface area contributed by atoms with E-state index in [0.717, 1.165) is 73.7 Å². The van der Waals surface area contributed by atoms with Crippen molar-refractivity contribution in [3.05, 3.63) is 122 Å². The van der Waals surface area contributed by atoms with Gasteiger partial charge in [0.05, 0.1) is 73.1 Å². The first-order chi connectivity index (χ1) is 40.0. The molecule has 0 amide bonds. The molecule has 17 nitrogen and oxygen atoms in total. The molecule has 2 aliphatic rings. The number of hydrogen-bond acceptors (Lipinski definition) is 18. The van der Waals surface area contributed by atoms with Gasteiger partial charge in [-0.25, -0.2) is 19.6 Å². The third-order valence-electron chi connectivity index (χ3n) is 14.0. The summed E-state index contributed by atoms with van der Waals surface area (Å²) in [4.78, 5) is 81.1. The number of esters is 6. The SMILES string of the molecule is C#CCCN(/N=C/c1cc(OC(=O)[C@H]2CC[C@H](C(=O)Oc3ccc(OCCCCCCOC(=O)C=C)cc3)CC2)ccc1OC(=O)[C@H]1CC[C@H](C(=O)Oc2ccc(OCCCCCCOC(=O)C=C)cc2)CC1)c1nc2ccccc2s1. The Morgan fingerprint density at radius 3 is 1.45 bits per heavy atom. The predicted molar refractivity (Wildman–Crippen MR) is 311 cm³/mol. The number of terminal acetylenes is 1. The number of hydrazone groups is 1. The molecule has 5 aromatic rings. The Labute approximate surface area is 482 Å². The van der Waals surface area contributed by atoms with Crippen LogP contribution in [0, 0.1) is 36.0 Å². The van der Waals surface area contributed by atoms with E-state index in [1.807, 2.05) is 24.3 Å². The largest absolute Gasteiger partial charge is 0.494 e. The highest BCUT2D eigenvalue weighted by Gasteiger charge is 2.34. The molecular weight excluding hydrogens is 1070 g/mol. The van der Waals surface area contributed by atoms with E-state index in [0.29, 0.717) is 124 Å². The fraction of sp³-hybridized carbons (Fsp3) is 0.406. The molecule has 0 radical (unpaired) electrons. The molecule has 0 N–H and O–H groups in total. The lowest BCUT2D eigenvalue weighted by Crippen LogP contribution is -2.30. The van der Waals surface area contributed by atoms with Gasteiger partial charge in [0.15, 0.2) is 0 Å². The van der Waals surface area contributed by atoms with E-state index in [2.05, 4.69) is 19.1 Å². The van der Waals surface area contributed by atoms with Crippen molar-refractivity contribution in [2.45, 2.75) is 109 Å². The molecule has 0 bridgehead atoms. The number of anilines is 1. The Kier molecular flexibility index (Phi) is 24.5. The maximum Gasteiger partial charge on any atom is 0.330 e. The maximum atomic E-state index is 13.9. The van der Waals surface area contributed by atoms with Gasteiger partial charge in [0.25, 0.3) is 0 Å². The summed E-state index contributed by atoms with van der Waals surface area (Å²) in [6.45, 7) is 8.91. The molecule has 0 saturated heterocycles. The van der Waals surface area contributed by atoms with E-state index >= 15 is 0 Å². The summed E-state index contributed by atoms with van der Waals surface area (Å²) in [5.74, 6) is 0.992. The average Bonchev–Trinajstić information content (AvgIpc) is 4.12. The Morgan fingerprint density at radius 1 is 0.561 bits per heavy atom. The zero-order chi connectivity index (χ0) is 57.9. The number of benzene rings is 4. The van der Waals surface area contributed by atoms with Crippen LogP contribution in [0.1, 0.15) is 115 Å². The summed E-state index contributed by atoms with van der Waals surface area (Å²) in [5, 5.41) is 7.07. The van der Waals surface area contributed by atoms with Gasteiger partial charge >= 0.3 is 35.8 Å². The van der Waals surface area contributed by atoms with Crippen LogP contribution in [0.5, 0.6) is 34.5 Å². The number of para-hydroxylation sites is 1. The summed E-state index contributed by atoms with van der Waals surface area (Å²) < 4.78 is 46.1. The fourth-order valence-corrected chi connectivity index (χ4v) is 10.3. The quantitative estimate of drug-likeness (QED) is 0.00769. The van der Waals surface area contributed by atoms with Crippen molar-refractivity contribution in [3.63, 3.8) is 0 Å². The van der Waals surface area contributed by atoms with Crippen LogP contribution in [0.15, 0.2) is 121 Å². The molecule has 82 heavy (non-hydrogen) atoms. The second kappa shape index (κ2) is 32.8. The van der Waals surface area contributed by atoms with Crippen molar-refractivity contribution >= 4 is 68.7 Å². The molecule has 18 heteroatoms. The number of hydrogen-bond donors (Lipinski definition) is 0. The highest BCUT2D eigenvalue weighted by Crippen LogP contribution is 2.36. The van der Waals surface area contributed by atoms with Crippen molar-refractivity contribution in [3.8, 4) is 46.8 Å². The minimum absolute atomic E-state index is 0.197. The number of aromatic nitrogens is 1. The van der Waals surface area contributed by atoms with Crippen LogP contribution in [-0.2, 0) is 38.2 Å². The molecule has 2 aliphatic carbocycles. The van der Waals surface area contributed by atoms with Crippen LogP contribution in [0.3, 0.4) is 0 Å². The van der Waals surface area contributed by atoms with Gasteiger partial charge in [-0.05, 0) is 182 Å². The number of thiazole rings is 1. The number of carbonyl (C=O) groups is 6. The third-order valence-corrected chi connectivity index (χ3v) is 15.1. The first-order valence-corrected chi connectivity index (χ1v) is 29.0. The number of fused-ring (bicyclic) bond motifs is 1. The van der Waals surface area contributed by atoms with Crippen LogP contribution in [-0.4, -0.2) is 80.0 Å². The average molecular weight is 1140 g/mol. The molecule has 432 valence electrons. The highest BCUT2D eigenvalue weighted by atomic mass is 32.1. The summed E-state index contributed by atoms with van der Waals surface area (Å²) >= 11 is 1.45. The molecule has 0 spiro atoms. The Balaban J connectivity index is 0.897. The summed E-state index contributed by atoms with van der Waals surface area (Å²) in [6.07, 6.45) is 20.2. The molecule has 1 aromatic heterocycles. The van der Waals surface area contributed by atoms with E-state index < -0.39 is 41.6 Å². The fourth-order valence-electron chi connectivity index (χ4n) is 9.35. The standard InChI is InChI=1S/C64H71N3O14S/c1-4-7-38-67(64-66-55-18-12-13-19-57(55)82-64)65-44-49-43-54(80-62(72)47-22-20-45(21-23-47)60(70)78-52-32-28-50(29-33-52)74-39-14-8-10-16-41-76-58(68)5-2)36-37-56(49)81-63(73)48-26-24-46(25-27-48)61(71)79-53-34-30-51(31-35-53)75-40-15-9-11-17-42-77-59(69)6-3/h1,5-6,12-13,18-19,28-37,43-48H,2-3,7-11,14-17,20-27,38-42H2/b65-44+/t45-,46-,47-,48-. The summed E-state index contributed by atoms with van der Waals surface area (Å²) in [6, 6.07) is 26.3. The van der Waals surface area contributed by atoms with Gasteiger partial charge in [0, 0.05) is 24.1 Å². The molecule has 2 saturated carbocycles. The highest BCUT2D eigenvalue weighted by molar-refractivity contribution is 7.22. The lowest BCUT2D eigenvalue weighted by atomic mass is 9.82. The van der Waals surface area contributed by atoms with E-state index in [1.165, 1.54) is 17.6 Å². The van der Waals surface area contributed by atoms with Crippen molar-refractivity contribution in [2.75, 3.05) is 38.0 Å². The minimum Gasteiger partial charge on any atom is -0.494 e. The van der Waals surface area contributed by atoms with E-state index in [9.17, 15) is 28.8 Å². The van der Waals surface area contributed by atoms with E-state index in [1.54, 1.807) is 71.7 Å². The molecule has 1 heterocycles. The zero-order valence-corrected chi connectivity index (χ0v) is 47.0. The summed E-state index contributed by atoms with van der Waals surface area (Å²) in [7, 11) is 0. The number of nitrogens with zero attached hydrogens (tertiary/aromatic N) is 3. The van der Waals surface area contributed by atoms with Crippen LogP contribution < -0.4 is 33.4 Å². The van der Waals surface area contributed by atoms with Crippen LogP contribution in [0.2, 0.25) is 0 Å². The molecule has 0 atom stereocenters. The molecule has 0 unspecified atom stereocenters. The second-order valence-electron chi connectivity index (χ2n) is 20.0. The van der Waals surface area contributed by atoms with Crippen molar-refractivity contribution in [1.29, 1.82) is 0 Å². The molecular formula is C64H71N3O14S. The van der Waals surface area contributed by atoms with Gasteiger partial charge in [0.2, 0.25) is 5.13 Å². The monoisotopic (exact) mass is 1140 g/mol. The molecule has 2 fully saturated rings. The Hall–Kier alpha value is -8.30.